The number of anilines is 1. The normalized spacial score (nSPS) is 14.6. The molecule has 0 unspecified atom stereocenters. The fraction of sp³-hybridized carbons (Fsp3) is 0.296. The van der Waals surface area contributed by atoms with Gasteiger partial charge in [0.15, 0.2) is 0 Å². The van der Waals surface area contributed by atoms with Crippen LogP contribution >= 0.6 is 11.3 Å². The number of benzene rings is 2. The van der Waals surface area contributed by atoms with Gasteiger partial charge in [-0.25, -0.2) is 4.79 Å². The molecule has 7 nitrogen and oxygen atoms in total. The first kappa shape index (κ1) is 23.3. The van der Waals surface area contributed by atoms with Crippen molar-refractivity contribution >= 4 is 33.1 Å². The maximum atomic E-state index is 13.7. The lowest BCUT2D eigenvalue weighted by molar-refractivity contribution is -0.116. The van der Waals surface area contributed by atoms with E-state index in [1.54, 1.807) is 12.1 Å². The Balaban J connectivity index is 1.60. The lowest BCUT2D eigenvalue weighted by atomic mass is 9.94. The van der Waals surface area contributed by atoms with Crippen LogP contribution in [0.15, 0.2) is 70.3 Å². The van der Waals surface area contributed by atoms with Crippen molar-refractivity contribution in [3.05, 3.63) is 97.5 Å². The maximum Gasteiger partial charge on any atom is 0.332 e. The molecule has 35 heavy (non-hydrogen) atoms. The minimum absolute atomic E-state index is 0.181. The molecule has 0 aliphatic carbocycles. The van der Waals surface area contributed by atoms with Crippen molar-refractivity contribution in [1.82, 2.24) is 9.13 Å². The van der Waals surface area contributed by atoms with Gasteiger partial charge >= 0.3 is 5.69 Å². The van der Waals surface area contributed by atoms with Gasteiger partial charge in [-0.15, -0.1) is 11.3 Å². The number of aromatic nitrogens is 2. The summed E-state index contributed by atoms with van der Waals surface area (Å²) < 4.78 is 8.68. The van der Waals surface area contributed by atoms with Crippen molar-refractivity contribution < 1.29 is 9.53 Å². The van der Waals surface area contributed by atoms with E-state index in [2.05, 4.69) is 5.32 Å². The molecule has 2 aromatic heterocycles. The number of ether oxygens (including phenoxy) is 1. The van der Waals surface area contributed by atoms with E-state index in [4.69, 9.17) is 4.74 Å². The smallest absolute Gasteiger partial charge is 0.332 e. The van der Waals surface area contributed by atoms with Gasteiger partial charge in [-0.2, -0.15) is 0 Å². The van der Waals surface area contributed by atoms with Crippen LogP contribution in [0.5, 0.6) is 0 Å². The number of carbonyl (C=O) groups is 1. The zero-order valence-electron chi connectivity index (χ0n) is 19.7. The molecule has 5 rings (SSSR count). The summed E-state index contributed by atoms with van der Waals surface area (Å²) >= 11 is 1.37. The summed E-state index contributed by atoms with van der Waals surface area (Å²) in [5.41, 5.74) is 1.44. The Morgan fingerprint density at radius 2 is 1.71 bits per heavy atom. The second kappa shape index (κ2) is 9.28. The monoisotopic (exact) mass is 489 g/mol. The van der Waals surface area contributed by atoms with Crippen LogP contribution in [0.1, 0.15) is 29.9 Å². The molecule has 1 aliphatic heterocycles. The number of rotatable bonds is 6. The fourth-order valence-corrected chi connectivity index (χ4v) is 5.71. The van der Waals surface area contributed by atoms with Gasteiger partial charge in [0.05, 0.1) is 17.6 Å². The van der Waals surface area contributed by atoms with Crippen molar-refractivity contribution in [3.8, 4) is 0 Å². The number of aryl methyl sites for hydroxylation is 1. The molecule has 0 radical (unpaired) electrons. The zero-order chi connectivity index (χ0) is 24.6. The Hall–Kier alpha value is -3.49. The third-order valence-electron chi connectivity index (χ3n) is 6.26. The van der Waals surface area contributed by atoms with Gasteiger partial charge in [-0.05, 0) is 43.5 Å². The maximum absolute atomic E-state index is 13.7. The van der Waals surface area contributed by atoms with E-state index in [9.17, 15) is 14.4 Å². The van der Waals surface area contributed by atoms with Crippen molar-refractivity contribution in [3.63, 3.8) is 0 Å². The van der Waals surface area contributed by atoms with Gasteiger partial charge in [0, 0.05) is 23.5 Å². The average Bonchev–Trinajstić information content (AvgIpc) is 3.20. The summed E-state index contributed by atoms with van der Waals surface area (Å²) in [5.74, 6) is -0.323. The molecule has 8 heteroatoms. The molecule has 1 N–H and O–H groups in total. The van der Waals surface area contributed by atoms with Gasteiger partial charge in [0.25, 0.3) is 5.56 Å². The highest BCUT2D eigenvalue weighted by atomic mass is 32.1. The first-order valence-corrected chi connectivity index (χ1v) is 12.4. The summed E-state index contributed by atoms with van der Waals surface area (Å²) in [6.07, 6.45) is 1.11. The third-order valence-corrected chi connectivity index (χ3v) is 7.49. The van der Waals surface area contributed by atoms with E-state index in [-0.39, 0.29) is 24.6 Å². The van der Waals surface area contributed by atoms with Crippen molar-refractivity contribution in [1.29, 1.82) is 0 Å². The molecule has 0 saturated heterocycles. The highest BCUT2D eigenvalue weighted by molar-refractivity contribution is 7.18. The summed E-state index contributed by atoms with van der Waals surface area (Å²) in [5, 5.41) is 3.37. The zero-order valence-corrected chi connectivity index (χ0v) is 20.6. The molecular formula is C27H27N3O4S. The first-order valence-electron chi connectivity index (χ1n) is 11.6. The van der Waals surface area contributed by atoms with E-state index in [1.807, 2.05) is 62.4 Å². The number of fused-ring (bicyclic) bond motifs is 3. The molecule has 4 aromatic rings. The van der Waals surface area contributed by atoms with Gasteiger partial charge in [0.1, 0.15) is 11.4 Å². The highest BCUT2D eigenvalue weighted by Crippen LogP contribution is 2.37. The molecule has 1 amide bonds. The minimum Gasteiger partial charge on any atom is -0.370 e. The molecule has 0 bridgehead atoms. The Bertz CT molecular complexity index is 1500. The Morgan fingerprint density at radius 1 is 1.03 bits per heavy atom. The number of thiophene rings is 1. The highest BCUT2D eigenvalue weighted by Gasteiger charge is 2.32. The number of hydrogen-bond acceptors (Lipinski definition) is 5. The van der Waals surface area contributed by atoms with E-state index < -0.39 is 11.3 Å². The van der Waals surface area contributed by atoms with Crippen LogP contribution in [0.4, 0.5) is 5.69 Å². The standard InChI is InChI=1S/C27H27N3O4S/c1-27(2)15-20-21(17-34-27)35-25-23(20)24(32)29(14-13-18-9-5-3-6-10-18)26(33)30(25)16-22(31)28-19-11-7-4-8-12-19/h3-12H,13-17H2,1-2H3,(H,28,31). The summed E-state index contributed by atoms with van der Waals surface area (Å²) in [6.45, 7) is 4.44. The van der Waals surface area contributed by atoms with Crippen LogP contribution in [0.2, 0.25) is 0 Å². The fourth-order valence-electron chi connectivity index (χ4n) is 4.49. The molecule has 0 fully saturated rings. The first-order chi connectivity index (χ1) is 16.8. The van der Waals surface area contributed by atoms with Crippen LogP contribution in [0.3, 0.4) is 0 Å². The molecule has 0 spiro atoms. The molecule has 3 heterocycles. The predicted octanol–water partition coefficient (Wildman–Crippen LogP) is 3.96. The molecule has 180 valence electrons. The van der Waals surface area contributed by atoms with Crippen LogP contribution in [-0.4, -0.2) is 20.6 Å². The minimum atomic E-state index is -0.472. The topological polar surface area (TPSA) is 82.3 Å². The summed E-state index contributed by atoms with van der Waals surface area (Å²) in [4.78, 5) is 41.6. The van der Waals surface area contributed by atoms with Crippen LogP contribution < -0.4 is 16.6 Å². The summed E-state index contributed by atoms with van der Waals surface area (Å²) in [7, 11) is 0. The largest absolute Gasteiger partial charge is 0.370 e. The Labute approximate surface area is 206 Å². The molecule has 0 atom stereocenters. The number of nitrogens with one attached hydrogen (secondary N) is 1. The lowest BCUT2D eigenvalue weighted by Crippen LogP contribution is -2.42. The molecule has 1 aliphatic rings. The lowest BCUT2D eigenvalue weighted by Gasteiger charge is -2.29. The van der Waals surface area contributed by atoms with Gasteiger partial charge < -0.3 is 10.1 Å². The molecular weight excluding hydrogens is 462 g/mol. The number of hydrogen-bond donors (Lipinski definition) is 1. The van der Waals surface area contributed by atoms with Gasteiger partial charge in [0.2, 0.25) is 5.91 Å². The second-order valence-corrected chi connectivity index (χ2v) is 10.5. The second-order valence-electron chi connectivity index (χ2n) is 9.38. The van der Waals surface area contributed by atoms with E-state index in [1.165, 1.54) is 20.5 Å². The van der Waals surface area contributed by atoms with Gasteiger partial charge in [-0.3, -0.25) is 18.7 Å². The van der Waals surface area contributed by atoms with Crippen LogP contribution in [0, 0.1) is 0 Å². The van der Waals surface area contributed by atoms with E-state index in [0.29, 0.717) is 35.4 Å². The van der Waals surface area contributed by atoms with Crippen LogP contribution in [-0.2, 0) is 42.1 Å². The predicted molar refractivity (Wildman–Crippen MR) is 138 cm³/mol. The third kappa shape index (κ3) is 4.72. The number of nitrogens with zero attached hydrogens (tertiary/aromatic N) is 2. The Morgan fingerprint density at radius 3 is 2.43 bits per heavy atom. The SMILES string of the molecule is CC1(C)Cc2c(sc3c2c(=O)n(CCc2ccccc2)c(=O)n3CC(=O)Nc2ccccc2)CO1. The molecule has 0 saturated carbocycles. The molecule has 2 aromatic carbocycles. The Kier molecular flexibility index (Phi) is 6.17. The number of amides is 1. The van der Waals surface area contributed by atoms with Gasteiger partial charge in [-0.1, -0.05) is 48.5 Å². The van der Waals surface area contributed by atoms with Crippen molar-refractivity contribution in [2.45, 2.75) is 52.0 Å². The van der Waals surface area contributed by atoms with E-state index in [0.717, 1.165) is 16.0 Å². The average molecular weight is 490 g/mol. The van der Waals surface area contributed by atoms with Crippen LogP contribution in [0.25, 0.3) is 10.2 Å². The number of para-hydroxylation sites is 1. The summed E-state index contributed by atoms with van der Waals surface area (Å²) in [6, 6.07) is 18.9. The van der Waals surface area contributed by atoms with Crippen molar-refractivity contribution in [2.24, 2.45) is 0 Å². The van der Waals surface area contributed by atoms with E-state index >= 15 is 0 Å². The quantitative estimate of drug-likeness (QED) is 0.445. The number of carbonyl (C=O) groups excluding carboxylic acids is 1. The van der Waals surface area contributed by atoms with Crippen molar-refractivity contribution in [2.75, 3.05) is 5.32 Å².